The summed E-state index contributed by atoms with van der Waals surface area (Å²) in [5.74, 6) is -2.47. The Bertz CT molecular complexity index is 906. The van der Waals surface area contributed by atoms with E-state index in [4.69, 9.17) is 18.9 Å². The summed E-state index contributed by atoms with van der Waals surface area (Å²) in [6, 6.07) is 0. The predicted octanol–water partition coefficient (Wildman–Crippen LogP) is 6.30. The molecule has 0 saturated carbocycles. The van der Waals surface area contributed by atoms with E-state index in [0.717, 1.165) is 77.0 Å². The van der Waals surface area contributed by atoms with Crippen LogP contribution in [0.1, 0.15) is 142 Å². The zero-order valence-electron chi connectivity index (χ0n) is 29.5. The second-order valence-electron chi connectivity index (χ2n) is 12.7. The first-order chi connectivity index (χ1) is 23.2. The number of rotatable bonds is 29. The van der Waals surface area contributed by atoms with Crippen LogP contribution in [0.4, 0.5) is 0 Å². The summed E-state index contributed by atoms with van der Waals surface area (Å²) in [6.45, 7) is 3.68. The molecule has 0 radical (unpaired) electrons. The van der Waals surface area contributed by atoms with Gasteiger partial charge in [0.1, 0.15) is 24.9 Å². The summed E-state index contributed by atoms with van der Waals surface area (Å²) >= 11 is 0. The lowest BCUT2D eigenvalue weighted by Crippen LogP contribution is -2.60. The molecule has 278 valence electrons. The first-order valence-corrected chi connectivity index (χ1v) is 18.4. The highest BCUT2D eigenvalue weighted by molar-refractivity contribution is 5.73. The van der Waals surface area contributed by atoms with E-state index >= 15 is 0 Å². The molecule has 0 amide bonds. The minimum atomic E-state index is -1.86. The summed E-state index contributed by atoms with van der Waals surface area (Å²) in [6.07, 6.45) is 18.2. The van der Waals surface area contributed by atoms with Crippen molar-refractivity contribution in [2.45, 2.75) is 179 Å². The number of aliphatic hydroxyl groups excluding tert-OH is 3. The van der Waals surface area contributed by atoms with Crippen molar-refractivity contribution in [3.63, 3.8) is 0 Å². The molecule has 6 unspecified atom stereocenters. The van der Waals surface area contributed by atoms with Crippen molar-refractivity contribution in [3.8, 4) is 0 Å². The fraction of sp³-hybridized carbons (Fsp3) is 0.811. The van der Waals surface area contributed by atoms with E-state index < -0.39 is 61.3 Å². The molecule has 6 atom stereocenters. The number of carboxylic acid groups (broad SMARTS) is 1. The second-order valence-corrected chi connectivity index (χ2v) is 12.7. The number of hydrogen-bond donors (Lipinski definition) is 4. The molecule has 1 fully saturated rings. The van der Waals surface area contributed by atoms with E-state index in [1.54, 1.807) is 0 Å². The number of ether oxygens (including phenoxy) is 4. The predicted molar refractivity (Wildman–Crippen MR) is 183 cm³/mol. The maximum Gasteiger partial charge on any atom is 0.335 e. The number of carbonyl (C=O) groups is 3. The van der Waals surface area contributed by atoms with Crippen molar-refractivity contribution < 1.29 is 53.8 Å². The van der Waals surface area contributed by atoms with Crippen LogP contribution in [0.2, 0.25) is 0 Å². The number of unbranched alkanes of at least 4 members (excludes halogenated alkanes) is 14. The normalized spacial score (nSPS) is 21.9. The third kappa shape index (κ3) is 20.9. The Morgan fingerprint density at radius 2 is 1.10 bits per heavy atom. The molecular formula is C37H64O11. The standard InChI is InChI=1S/C37H64O11/c1-3-5-7-9-11-13-15-17-19-21-23-25-30(38)45-27-29(28-46-37-34(42)32(40)33(41)35(48-37)36(43)44)47-31(39)26-24-22-20-18-16-14-12-10-8-6-4-2/h9-12,29,32-35,37,40-42H,3-8,13-28H2,1-2H3,(H,43,44)/b11-9-,12-10-. The van der Waals surface area contributed by atoms with Crippen LogP contribution in [0.25, 0.3) is 0 Å². The molecule has 11 heteroatoms. The van der Waals surface area contributed by atoms with Gasteiger partial charge in [-0.05, 0) is 51.4 Å². The number of allylic oxidation sites excluding steroid dienone is 4. The molecule has 1 rings (SSSR count). The molecule has 0 aromatic carbocycles. The molecule has 0 aliphatic carbocycles. The quantitative estimate of drug-likeness (QED) is 0.0396. The minimum Gasteiger partial charge on any atom is -0.479 e. The fourth-order valence-electron chi connectivity index (χ4n) is 5.25. The molecule has 11 nitrogen and oxygen atoms in total. The van der Waals surface area contributed by atoms with Gasteiger partial charge in [0.2, 0.25) is 0 Å². The number of esters is 2. The molecule has 0 aromatic rings. The van der Waals surface area contributed by atoms with Crippen LogP contribution in [0.3, 0.4) is 0 Å². The number of aliphatic hydroxyl groups is 3. The highest BCUT2D eigenvalue weighted by Crippen LogP contribution is 2.23. The van der Waals surface area contributed by atoms with Gasteiger partial charge in [-0.15, -0.1) is 0 Å². The Labute approximate surface area is 288 Å². The SMILES string of the molecule is CCCC/C=C\CCCCCCCC(=O)OCC(COC1OC(C(=O)O)C(O)C(O)C1O)OC(=O)CCCCCCC/C=C\CCCC. The lowest BCUT2D eigenvalue weighted by Gasteiger charge is -2.38. The van der Waals surface area contributed by atoms with Gasteiger partial charge in [-0.25, -0.2) is 4.79 Å². The van der Waals surface area contributed by atoms with Crippen LogP contribution in [-0.2, 0) is 33.3 Å². The van der Waals surface area contributed by atoms with Crippen molar-refractivity contribution in [1.29, 1.82) is 0 Å². The van der Waals surface area contributed by atoms with Gasteiger partial charge in [0, 0.05) is 12.8 Å². The Morgan fingerprint density at radius 3 is 1.62 bits per heavy atom. The molecule has 0 spiro atoms. The molecule has 0 bridgehead atoms. The first kappa shape index (κ1) is 43.7. The van der Waals surface area contributed by atoms with Crippen LogP contribution < -0.4 is 0 Å². The van der Waals surface area contributed by atoms with Gasteiger partial charge in [-0.1, -0.05) is 102 Å². The summed E-state index contributed by atoms with van der Waals surface area (Å²) < 4.78 is 21.5. The van der Waals surface area contributed by atoms with Gasteiger partial charge < -0.3 is 39.4 Å². The van der Waals surface area contributed by atoms with Crippen LogP contribution in [0, 0.1) is 0 Å². The third-order valence-electron chi connectivity index (χ3n) is 8.27. The Morgan fingerprint density at radius 1 is 0.625 bits per heavy atom. The number of aliphatic carboxylic acids is 1. The summed E-state index contributed by atoms with van der Waals surface area (Å²) in [5, 5.41) is 39.5. The Kier molecular flexibility index (Phi) is 26.0. The van der Waals surface area contributed by atoms with E-state index in [9.17, 15) is 34.8 Å². The highest BCUT2D eigenvalue weighted by atomic mass is 16.7. The average molecular weight is 685 g/mol. The maximum atomic E-state index is 12.6. The van der Waals surface area contributed by atoms with E-state index in [1.165, 1.54) is 25.7 Å². The van der Waals surface area contributed by atoms with E-state index in [2.05, 4.69) is 38.2 Å². The van der Waals surface area contributed by atoms with Crippen molar-refractivity contribution >= 4 is 17.9 Å². The highest BCUT2D eigenvalue weighted by Gasteiger charge is 2.47. The second kappa shape index (κ2) is 28.5. The van der Waals surface area contributed by atoms with Gasteiger partial charge in [0.05, 0.1) is 6.61 Å². The largest absolute Gasteiger partial charge is 0.479 e. The fourth-order valence-corrected chi connectivity index (χ4v) is 5.25. The molecular weight excluding hydrogens is 620 g/mol. The molecule has 1 aliphatic heterocycles. The zero-order valence-corrected chi connectivity index (χ0v) is 29.5. The molecule has 0 aromatic heterocycles. The lowest BCUT2D eigenvalue weighted by molar-refractivity contribution is -0.298. The van der Waals surface area contributed by atoms with E-state index in [1.807, 2.05) is 0 Å². The molecule has 48 heavy (non-hydrogen) atoms. The molecule has 1 heterocycles. The molecule has 4 N–H and O–H groups in total. The van der Waals surface area contributed by atoms with E-state index in [0.29, 0.717) is 12.8 Å². The summed E-state index contributed by atoms with van der Waals surface area (Å²) in [7, 11) is 0. The lowest BCUT2D eigenvalue weighted by atomic mass is 9.99. The van der Waals surface area contributed by atoms with Crippen molar-refractivity contribution in [3.05, 3.63) is 24.3 Å². The Hall–Kier alpha value is -2.31. The zero-order chi connectivity index (χ0) is 35.4. The summed E-state index contributed by atoms with van der Waals surface area (Å²) in [4.78, 5) is 36.5. The number of hydrogen-bond acceptors (Lipinski definition) is 10. The molecule has 1 aliphatic rings. The average Bonchev–Trinajstić information content (AvgIpc) is 3.06. The maximum absolute atomic E-state index is 12.6. The van der Waals surface area contributed by atoms with Crippen LogP contribution in [-0.4, -0.2) is 88.4 Å². The summed E-state index contributed by atoms with van der Waals surface area (Å²) in [5.41, 5.74) is 0. The minimum absolute atomic E-state index is 0.171. The van der Waals surface area contributed by atoms with E-state index in [-0.39, 0.29) is 19.4 Å². The Balaban J connectivity index is 2.49. The monoisotopic (exact) mass is 684 g/mol. The van der Waals surface area contributed by atoms with Gasteiger partial charge >= 0.3 is 17.9 Å². The topological polar surface area (TPSA) is 169 Å². The molecule has 1 saturated heterocycles. The van der Waals surface area contributed by atoms with Gasteiger partial charge in [0.25, 0.3) is 0 Å². The van der Waals surface area contributed by atoms with Crippen molar-refractivity contribution in [2.75, 3.05) is 13.2 Å². The van der Waals surface area contributed by atoms with Crippen LogP contribution in [0.5, 0.6) is 0 Å². The van der Waals surface area contributed by atoms with Gasteiger partial charge in [-0.2, -0.15) is 0 Å². The van der Waals surface area contributed by atoms with Crippen LogP contribution >= 0.6 is 0 Å². The number of carboxylic acids is 1. The van der Waals surface area contributed by atoms with Crippen LogP contribution in [0.15, 0.2) is 24.3 Å². The first-order valence-electron chi connectivity index (χ1n) is 18.4. The van der Waals surface area contributed by atoms with Gasteiger partial charge in [0.15, 0.2) is 18.5 Å². The smallest absolute Gasteiger partial charge is 0.335 e. The van der Waals surface area contributed by atoms with Crippen molar-refractivity contribution in [1.82, 2.24) is 0 Å². The van der Waals surface area contributed by atoms with Gasteiger partial charge in [-0.3, -0.25) is 9.59 Å². The third-order valence-corrected chi connectivity index (χ3v) is 8.27. The van der Waals surface area contributed by atoms with Crippen molar-refractivity contribution in [2.24, 2.45) is 0 Å². The number of carbonyl (C=O) groups excluding carboxylic acids is 2.